The zero-order valence-electron chi connectivity index (χ0n) is 11.3. The second-order valence-corrected chi connectivity index (χ2v) is 5.19. The first-order valence-corrected chi connectivity index (χ1v) is 7.97. The third-order valence-electron chi connectivity index (χ3n) is 2.82. The fourth-order valence-corrected chi connectivity index (χ4v) is 2.24. The molecule has 0 spiro atoms. The molecule has 0 saturated heterocycles. The third kappa shape index (κ3) is 5.12. The number of hydrogen-bond donors (Lipinski definition) is 1. The molecular formula is C13H23N3OS. The maximum atomic E-state index is 11.8. The minimum atomic E-state index is -0.0256. The Kier molecular flexibility index (Phi) is 7.57. The van der Waals surface area contributed by atoms with Crippen molar-refractivity contribution in [2.45, 2.75) is 39.2 Å². The standard InChI is InChI=1S/C13H23N3OS/c1-3-16-10-9-15-12(13(16)17)14-8-6-4-5-7-11-18-2/h9-10H,3-8,11H2,1-2H3,(H,14,15). The van der Waals surface area contributed by atoms with Crippen LogP contribution in [0.4, 0.5) is 5.82 Å². The van der Waals surface area contributed by atoms with E-state index in [4.69, 9.17) is 0 Å². The van der Waals surface area contributed by atoms with Gasteiger partial charge in [-0.2, -0.15) is 11.8 Å². The molecule has 0 atom stereocenters. The number of thioether (sulfide) groups is 1. The first kappa shape index (κ1) is 15.1. The molecule has 1 rings (SSSR count). The molecule has 4 nitrogen and oxygen atoms in total. The third-order valence-corrected chi connectivity index (χ3v) is 3.52. The van der Waals surface area contributed by atoms with E-state index in [2.05, 4.69) is 16.6 Å². The van der Waals surface area contributed by atoms with Crippen molar-refractivity contribution >= 4 is 17.6 Å². The number of aryl methyl sites for hydroxylation is 1. The van der Waals surface area contributed by atoms with E-state index in [0.29, 0.717) is 12.4 Å². The monoisotopic (exact) mass is 269 g/mol. The van der Waals surface area contributed by atoms with Crippen molar-refractivity contribution < 1.29 is 0 Å². The normalized spacial score (nSPS) is 10.6. The Labute approximate surface area is 113 Å². The van der Waals surface area contributed by atoms with E-state index in [-0.39, 0.29) is 5.56 Å². The molecule has 0 radical (unpaired) electrons. The average molecular weight is 269 g/mol. The largest absolute Gasteiger partial charge is 0.365 e. The maximum Gasteiger partial charge on any atom is 0.293 e. The van der Waals surface area contributed by atoms with Crippen molar-refractivity contribution in [3.05, 3.63) is 22.7 Å². The van der Waals surface area contributed by atoms with Crippen molar-refractivity contribution in [3.8, 4) is 0 Å². The molecule has 0 aromatic carbocycles. The molecule has 1 N–H and O–H groups in total. The Morgan fingerprint density at radius 1 is 1.33 bits per heavy atom. The van der Waals surface area contributed by atoms with Crippen LogP contribution in [0.1, 0.15) is 32.6 Å². The summed E-state index contributed by atoms with van der Waals surface area (Å²) in [7, 11) is 0. The smallest absolute Gasteiger partial charge is 0.293 e. The molecule has 0 unspecified atom stereocenters. The van der Waals surface area contributed by atoms with Gasteiger partial charge in [-0.3, -0.25) is 4.79 Å². The second-order valence-electron chi connectivity index (χ2n) is 4.20. The van der Waals surface area contributed by atoms with Gasteiger partial charge in [0.05, 0.1) is 0 Å². The van der Waals surface area contributed by atoms with E-state index in [1.165, 1.54) is 25.0 Å². The zero-order valence-corrected chi connectivity index (χ0v) is 12.1. The van der Waals surface area contributed by atoms with Crippen LogP contribution >= 0.6 is 11.8 Å². The summed E-state index contributed by atoms with van der Waals surface area (Å²) in [4.78, 5) is 15.9. The molecule has 0 amide bonds. The van der Waals surface area contributed by atoms with Gasteiger partial charge in [-0.05, 0) is 31.8 Å². The molecular weight excluding hydrogens is 246 g/mol. The van der Waals surface area contributed by atoms with Gasteiger partial charge in [0.1, 0.15) is 0 Å². The lowest BCUT2D eigenvalue weighted by Crippen LogP contribution is -2.24. The van der Waals surface area contributed by atoms with Crippen LogP contribution in [0.15, 0.2) is 17.2 Å². The quantitative estimate of drug-likeness (QED) is 0.700. The lowest BCUT2D eigenvalue weighted by Gasteiger charge is -2.07. The van der Waals surface area contributed by atoms with Gasteiger partial charge in [0, 0.05) is 25.5 Å². The summed E-state index contributed by atoms with van der Waals surface area (Å²) >= 11 is 1.90. The number of nitrogens with one attached hydrogen (secondary N) is 1. The molecule has 102 valence electrons. The lowest BCUT2D eigenvalue weighted by molar-refractivity contribution is 0.683. The van der Waals surface area contributed by atoms with Gasteiger partial charge in [-0.1, -0.05) is 12.8 Å². The van der Waals surface area contributed by atoms with E-state index in [9.17, 15) is 4.79 Å². The van der Waals surface area contributed by atoms with Crippen LogP contribution in [0.25, 0.3) is 0 Å². The van der Waals surface area contributed by atoms with Gasteiger partial charge in [-0.25, -0.2) is 4.98 Å². The van der Waals surface area contributed by atoms with Crippen molar-refractivity contribution in [2.24, 2.45) is 0 Å². The Bertz CT molecular complexity index is 392. The molecule has 1 heterocycles. The van der Waals surface area contributed by atoms with Crippen LogP contribution in [-0.2, 0) is 6.54 Å². The van der Waals surface area contributed by atoms with Gasteiger partial charge in [0.2, 0.25) is 0 Å². The van der Waals surface area contributed by atoms with Gasteiger partial charge in [-0.15, -0.1) is 0 Å². The van der Waals surface area contributed by atoms with E-state index >= 15 is 0 Å². The first-order valence-electron chi connectivity index (χ1n) is 6.57. The molecule has 0 aliphatic heterocycles. The minimum Gasteiger partial charge on any atom is -0.365 e. The first-order chi connectivity index (χ1) is 8.79. The van der Waals surface area contributed by atoms with Crippen LogP contribution in [0, 0.1) is 0 Å². The minimum absolute atomic E-state index is 0.0256. The van der Waals surface area contributed by atoms with Gasteiger partial charge >= 0.3 is 0 Å². The number of rotatable bonds is 9. The fourth-order valence-electron chi connectivity index (χ4n) is 1.75. The molecule has 0 aliphatic rings. The number of anilines is 1. The van der Waals surface area contributed by atoms with Crippen molar-refractivity contribution in [3.63, 3.8) is 0 Å². The SMILES string of the molecule is CCn1ccnc(NCCCCCCSC)c1=O. The predicted molar refractivity (Wildman–Crippen MR) is 79.5 cm³/mol. The highest BCUT2D eigenvalue weighted by Crippen LogP contribution is 2.04. The van der Waals surface area contributed by atoms with Crippen LogP contribution in [0.3, 0.4) is 0 Å². The van der Waals surface area contributed by atoms with E-state index in [0.717, 1.165) is 13.0 Å². The molecule has 0 aliphatic carbocycles. The van der Waals surface area contributed by atoms with Crippen molar-refractivity contribution in [2.75, 3.05) is 23.9 Å². The summed E-state index contributed by atoms with van der Waals surface area (Å²) in [5.74, 6) is 1.72. The van der Waals surface area contributed by atoms with Gasteiger partial charge in [0.25, 0.3) is 5.56 Å². The average Bonchev–Trinajstić information content (AvgIpc) is 2.39. The lowest BCUT2D eigenvalue weighted by atomic mass is 10.2. The summed E-state index contributed by atoms with van der Waals surface area (Å²) in [6.07, 6.45) is 10.4. The van der Waals surface area contributed by atoms with E-state index in [1.54, 1.807) is 17.0 Å². The predicted octanol–water partition coefficient (Wildman–Crippen LogP) is 2.60. The van der Waals surface area contributed by atoms with Crippen LogP contribution in [0.2, 0.25) is 0 Å². The maximum absolute atomic E-state index is 11.8. The summed E-state index contributed by atoms with van der Waals surface area (Å²) in [6, 6.07) is 0. The Hall–Kier alpha value is -0.970. The topological polar surface area (TPSA) is 46.9 Å². The molecule has 18 heavy (non-hydrogen) atoms. The molecule has 0 saturated carbocycles. The number of nitrogens with zero attached hydrogens (tertiary/aromatic N) is 2. The summed E-state index contributed by atoms with van der Waals surface area (Å²) in [5.41, 5.74) is -0.0256. The number of unbranched alkanes of at least 4 members (excludes halogenated alkanes) is 3. The van der Waals surface area contributed by atoms with E-state index in [1.807, 2.05) is 18.7 Å². The molecule has 5 heteroatoms. The highest BCUT2D eigenvalue weighted by molar-refractivity contribution is 7.98. The number of aromatic nitrogens is 2. The van der Waals surface area contributed by atoms with E-state index < -0.39 is 0 Å². The molecule has 0 bridgehead atoms. The van der Waals surface area contributed by atoms with Crippen LogP contribution < -0.4 is 10.9 Å². The Morgan fingerprint density at radius 3 is 2.83 bits per heavy atom. The second kappa shape index (κ2) is 9.03. The fraction of sp³-hybridized carbons (Fsp3) is 0.692. The number of hydrogen-bond acceptors (Lipinski definition) is 4. The molecule has 0 fully saturated rings. The molecule has 1 aromatic rings. The zero-order chi connectivity index (χ0) is 13.2. The van der Waals surface area contributed by atoms with Crippen molar-refractivity contribution in [1.29, 1.82) is 0 Å². The summed E-state index contributed by atoms with van der Waals surface area (Å²) in [5, 5.41) is 3.13. The summed E-state index contributed by atoms with van der Waals surface area (Å²) in [6.45, 7) is 3.47. The van der Waals surface area contributed by atoms with Gasteiger partial charge in [0.15, 0.2) is 5.82 Å². The van der Waals surface area contributed by atoms with Crippen LogP contribution in [0.5, 0.6) is 0 Å². The van der Waals surface area contributed by atoms with Crippen LogP contribution in [-0.4, -0.2) is 28.1 Å². The Balaban J connectivity index is 2.25. The summed E-state index contributed by atoms with van der Waals surface area (Å²) < 4.78 is 1.66. The highest BCUT2D eigenvalue weighted by Gasteiger charge is 2.02. The highest BCUT2D eigenvalue weighted by atomic mass is 32.2. The molecule has 1 aromatic heterocycles. The van der Waals surface area contributed by atoms with Gasteiger partial charge < -0.3 is 9.88 Å². The van der Waals surface area contributed by atoms with Crippen molar-refractivity contribution in [1.82, 2.24) is 9.55 Å². The Morgan fingerprint density at radius 2 is 2.11 bits per heavy atom.